The number of aromatic hydroxyl groups is 3. The fraction of sp³-hybridized carbons (Fsp3) is 0.300. The number of allylic oxidation sites excluding steroid dienone is 1. The van der Waals surface area contributed by atoms with Crippen LogP contribution in [0.25, 0.3) is 11.1 Å². The van der Waals surface area contributed by atoms with Crippen molar-refractivity contribution >= 4 is 0 Å². The molecule has 0 amide bonds. The van der Waals surface area contributed by atoms with Crippen LogP contribution in [0.1, 0.15) is 37.0 Å². The van der Waals surface area contributed by atoms with Crippen LogP contribution in [0.2, 0.25) is 0 Å². The lowest BCUT2D eigenvalue weighted by Crippen LogP contribution is -1.99. The number of phenols is 3. The van der Waals surface area contributed by atoms with Gasteiger partial charge < -0.3 is 15.3 Å². The molecule has 0 saturated heterocycles. The molecule has 0 aromatic heterocycles. The topological polar surface area (TPSA) is 60.7 Å². The largest absolute Gasteiger partial charge is 0.507 e. The average molecular weight is 312 g/mol. The third-order valence-corrected chi connectivity index (χ3v) is 4.11. The number of aryl methyl sites for hydroxylation is 1. The molecule has 3 nitrogen and oxygen atoms in total. The van der Waals surface area contributed by atoms with E-state index in [-0.39, 0.29) is 17.2 Å². The van der Waals surface area contributed by atoms with Crippen LogP contribution in [0.3, 0.4) is 0 Å². The van der Waals surface area contributed by atoms with Gasteiger partial charge in [0.15, 0.2) is 11.5 Å². The molecule has 2 aromatic carbocycles. The summed E-state index contributed by atoms with van der Waals surface area (Å²) < 4.78 is 0. The normalized spacial score (nSPS) is 10.7. The Labute approximate surface area is 137 Å². The lowest BCUT2D eigenvalue weighted by molar-refractivity contribution is 0.399. The van der Waals surface area contributed by atoms with Gasteiger partial charge in [-0.25, -0.2) is 0 Å². The molecule has 0 heterocycles. The Morgan fingerprint density at radius 1 is 0.957 bits per heavy atom. The van der Waals surface area contributed by atoms with Gasteiger partial charge in [0.05, 0.1) is 0 Å². The van der Waals surface area contributed by atoms with Crippen LogP contribution in [-0.2, 0) is 19.3 Å². The zero-order valence-electron chi connectivity index (χ0n) is 13.8. The van der Waals surface area contributed by atoms with E-state index in [1.54, 1.807) is 18.2 Å². The van der Waals surface area contributed by atoms with Crippen LogP contribution in [-0.4, -0.2) is 15.3 Å². The maximum Gasteiger partial charge on any atom is 0.161 e. The van der Waals surface area contributed by atoms with Gasteiger partial charge in [-0.3, -0.25) is 0 Å². The van der Waals surface area contributed by atoms with E-state index in [9.17, 15) is 15.3 Å². The predicted octanol–water partition coefficient (Wildman–Crippen LogP) is 4.71. The van der Waals surface area contributed by atoms with E-state index >= 15 is 0 Å². The molecule has 3 N–H and O–H groups in total. The lowest BCUT2D eigenvalue weighted by atomic mass is 9.89. The van der Waals surface area contributed by atoms with Gasteiger partial charge >= 0.3 is 0 Å². The zero-order valence-corrected chi connectivity index (χ0v) is 13.8. The highest BCUT2D eigenvalue weighted by Crippen LogP contribution is 2.42. The summed E-state index contributed by atoms with van der Waals surface area (Å²) in [5.74, 6) is -0.0876. The molecule has 0 saturated carbocycles. The summed E-state index contributed by atoms with van der Waals surface area (Å²) in [5.41, 5.74) is 4.20. The van der Waals surface area contributed by atoms with E-state index in [0.29, 0.717) is 17.5 Å². The maximum absolute atomic E-state index is 10.3. The molecule has 0 bridgehead atoms. The minimum absolute atomic E-state index is 0.0942. The molecule has 122 valence electrons. The molecule has 2 aromatic rings. The first-order valence-corrected chi connectivity index (χ1v) is 8.03. The molecule has 0 spiro atoms. The number of rotatable bonds is 6. The second kappa shape index (κ2) is 7.23. The van der Waals surface area contributed by atoms with Gasteiger partial charge in [0.1, 0.15) is 5.75 Å². The summed E-state index contributed by atoms with van der Waals surface area (Å²) in [6, 6.07) is 7.06. The summed E-state index contributed by atoms with van der Waals surface area (Å²) in [4.78, 5) is 0. The van der Waals surface area contributed by atoms with Crippen LogP contribution in [0.4, 0.5) is 0 Å². The Bertz CT molecular complexity index is 717. The Morgan fingerprint density at radius 3 is 2.30 bits per heavy atom. The molecular formula is C20H24O3. The molecule has 0 fully saturated rings. The molecule has 0 aliphatic heterocycles. The van der Waals surface area contributed by atoms with Crippen LogP contribution < -0.4 is 0 Å². The standard InChI is InChI=1S/C20H24O3/c1-4-7-14-15(8-5-2)20(23)19(22)12-16(14)17-11-13(6-3)9-10-18(17)21/h5,9-12,21-23H,2,4,6-8H2,1,3H3. The third-order valence-electron chi connectivity index (χ3n) is 4.11. The Hall–Kier alpha value is -2.42. The first-order chi connectivity index (χ1) is 11.0. The maximum atomic E-state index is 10.3. The van der Waals surface area contributed by atoms with Crippen molar-refractivity contribution in [3.05, 3.63) is 53.6 Å². The summed E-state index contributed by atoms with van der Waals surface area (Å²) >= 11 is 0. The van der Waals surface area contributed by atoms with Gasteiger partial charge in [-0.1, -0.05) is 32.4 Å². The van der Waals surface area contributed by atoms with Gasteiger partial charge in [0, 0.05) is 11.1 Å². The van der Waals surface area contributed by atoms with Gasteiger partial charge in [-0.05, 0) is 54.2 Å². The van der Waals surface area contributed by atoms with Crippen molar-refractivity contribution in [2.45, 2.75) is 39.5 Å². The summed E-state index contributed by atoms with van der Waals surface area (Å²) in [7, 11) is 0. The van der Waals surface area contributed by atoms with Gasteiger partial charge in [-0.15, -0.1) is 6.58 Å². The Morgan fingerprint density at radius 2 is 1.70 bits per heavy atom. The lowest BCUT2D eigenvalue weighted by Gasteiger charge is -2.18. The molecule has 0 radical (unpaired) electrons. The van der Waals surface area contributed by atoms with Crippen LogP contribution in [0, 0.1) is 0 Å². The van der Waals surface area contributed by atoms with Crippen molar-refractivity contribution in [2.24, 2.45) is 0 Å². The predicted molar refractivity (Wildman–Crippen MR) is 94.1 cm³/mol. The van der Waals surface area contributed by atoms with Crippen molar-refractivity contribution in [3.8, 4) is 28.4 Å². The SMILES string of the molecule is C=CCc1c(O)c(O)cc(-c2cc(CC)ccc2O)c1CCC. The number of hydrogen-bond donors (Lipinski definition) is 3. The summed E-state index contributed by atoms with van der Waals surface area (Å²) in [6.07, 6.45) is 4.69. The number of hydrogen-bond acceptors (Lipinski definition) is 3. The highest BCUT2D eigenvalue weighted by Gasteiger charge is 2.19. The van der Waals surface area contributed by atoms with Gasteiger partial charge in [-0.2, -0.15) is 0 Å². The molecule has 0 unspecified atom stereocenters. The molecule has 0 atom stereocenters. The summed E-state index contributed by atoms with van der Waals surface area (Å²) in [6.45, 7) is 7.85. The van der Waals surface area contributed by atoms with Crippen molar-refractivity contribution in [2.75, 3.05) is 0 Å². The van der Waals surface area contributed by atoms with Crippen molar-refractivity contribution in [3.63, 3.8) is 0 Å². The van der Waals surface area contributed by atoms with E-state index in [1.165, 1.54) is 0 Å². The zero-order chi connectivity index (χ0) is 17.0. The van der Waals surface area contributed by atoms with Crippen molar-refractivity contribution < 1.29 is 15.3 Å². The molecule has 0 aliphatic carbocycles. The monoisotopic (exact) mass is 312 g/mol. The fourth-order valence-electron chi connectivity index (χ4n) is 2.91. The van der Waals surface area contributed by atoms with E-state index < -0.39 is 0 Å². The number of phenolic OH excluding ortho intramolecular Hbond substituents is 3. The average Bonchev–Trinajstić information content (AvgIpc) is 2.55. The van der Waals surface area contributed by atoms with Crippen LogP contribution in [0.15, 0.2) is 36.9 Å². The first kappa shape index (κ1) is 16.9. The Balaban J connectivity index is 2.77. The summed E-state index contributed by atoms with van der Waals surface area (Å²) in [5, 5.41) is 30.6. The first-order valence-electron chi connectivity index (χ1n) is 8.03. The highest BCUT2D eigenvalue weighted by atomic mass is 16.3. The minimum atomic E-state index is -0.169. The molecular weight excluding hydrogens is 288 g/mol. The highest BCUT2D eigenvalue weighted by molar-refractivity contribution is 5.78. The molecule has 3 heteroatoms. The molecule has 23 heavy (non-hydrogen) atoms. The van der Waals surface area contributed by atoms with Gasteiger partial charge in [0.2, 0.25) is 0 Å². The fourth-order valence-corrected chi connectivity index (χ4v) is 2.91. The minimum Gasteiger partial charge on any atom is -0.507 e. The Kier molecular flexibility index (Phi) is 5.32. The van der Waals surface area contributed by atoms with E-state index in [2.05, 4.69) is 20.4 Å². The van der Waals surface area contributed by atoms with Gasteiger partial charge in [0.25, 0.3) is 0 Å². The van der Waals surface area contributed by atoms with E-state index in [0.717, 1.165) is 36.0 Å². The third kappa shape index (κ3) is 3.34. The second-order valence-corrected chi connectivity index (χ2v) is 5.70. The van der Waals surface area contributed by atoms with Crippen LogP contribution in [0.5, 0.6) is 17.2 Å². The quantitative estimate of drug-likeness (QED) is 0.534. The van der Waals surface area contributed by atoms with Crippen molar-refractivity contribution in [1.29, 1.82) is 0 Å². The smallest absolute Gasteiger partial charge is 0.161 e. The van der Waals surface area contributed by atoms with E-state index in [4.69, 9.17) is 0 Å². The van der Waals surface area contributed by atoms with Crippen LogP contribution >= 0.6 is 0 Å². The molecule has 2 rings (SSSR count). The second-order valence-electron chi connectivity index (χ2n) is 5.70. The number of benzene rings is 2. The van der Waals surface area contributed by atoms with E-state index in [1.807, 2.05) is 12.1 Å². The van der Waals surface area contributed by atoms with Crippen molar-refractivity contribution in [1.82, 2.24) is 0 Å². The molecule has 0 aliphatic rings.